The van der Waals surface area contributed by atoms with E-state index in [1.54, 1.807) is 61.5 Å². The predicted octanol–water partition coefficient (Wildman–Crippen LogP) is 5.28. The number of amides is 1. The molecule has 0 unspecified atom stereocenters. The van der Waals surface area contributed by atoms with E-state index in [2.05, 4.69) is 10.6 Å². The molecule has 180 valence electrons. The largest absolute Gasteiger partial charge is 0.486 e. The summed E-state index contributed by atoms with van der Waals surface area (Å²) in [5, 5.41) is 18.7. The van der Waals surface area contributed by atoms with Gasteiger partial charge in [-0.15, -0.1) is 0 Å². The highest BCUT2D eigenvalue weighted by Crippen LogP contribution is 2.50. The van der Waals surface area contributed by atoms with Crippen molar-refractivity contribution in [3.8, 4) is 5.75 Å². The van der Waals surface area contributed by atoms with Crippen LogP contribution in [0.5, 0.6) is 5.75 Å². The summed E-state index contributed by atoms with van der Waals surface area (Å²) in [5.74, 6) is -1.47. The summed E-state index contributed by atoms with van der Waals surface area (Å²) in [6, 6.07) is 14.4. The van der Waals surface area contributed by atoms with Crippen LogP contribution in [-0.4, -0.2) is 22.9 Å². The highest BCUT2D eigenvalue weighted by Gasteiger charge is 2.67. The molecule has 3 aromatic rings. The second kappa shape index (κ2) is 8.78. The Labute approximate surface area is 210 Å². The number of para-hydroxylation sites is 1. The van der Waals surface area contributed by atoms with Gasteiger partial charge < -0.3 is 10.1 Å². The fourth-order valence-corrected chi connectivity index (χ4v) is 5.84. The topological polar surface area (TPSA) is 93.5 Å². The lowest BCUT2D eigenvalue weighted by Crippen LogP contribution is -2.54. The highest BCUT2D eigenvalue weighted by atomic mass is 35.5. The third-order valence-corrected chi connectivity index (χ3v) is 7.26. The zero-order chi connectivity index (χ0) is 24.9. The molecule has 10 heteroatoms. The van der Waals surface area contributed by atoms with Crippen LogP contribution < -0.4 is 15.4 Å². The first-order valence-corrected chi connectivity index (χ1v) is 11.7. The summed E-state index contributed by atoms with van der Waals surface area (Å²) in [6.07, 6.45) is 0. The molecule has 2 aliphatic heterocycles. The number of anilines is 1. The van der Waals surface area contributed by atoms with E-state index in [-0.39, 0.29) is 22.4 Å². The van der Waals surface area contributed by atoms with Crippen LogP contribution in [0, 0.1) is 15.9 Å². The van der Waals surface area contributed by atoms with Crippen LogP contribution in [0.1, 0.15) is 29.5 Å². The number of benzene rings is 3. The van der Waals surface area contributed by atoms with Gasteiger partial charge in [0.25, 0.3) is 11.9 Å². The fourth-order valence-electron chi connectivity index (χ4n) is 5.23. The SMILES string of the molecule is C[C@@H]1N[C@]2(C(=O)Nc3ccccc32)[C@H]([N+](=O)[O-])[C@@H]1c1cc(Cl)c(OCc2ccccc2F)c(Cl)c1. The van der Waals surface area contributed by atoms with Crippen molar-refractivity contribution in [1.29, 1.82) is 0 Å². The zero-order valence-electron chi connectivity index (χ0n) is 18.4. The molecule has 0 aliphatic carbocycles. The number of halogens is 3. The number of hydrogen-bond acceptors (Lipinski definition) is 5. The van der Waals surface area contributed by atoms with Gasteiger partial charge in [-0.2, -0.15) is 0 Å². The fraction of sp³-hybridized carbons (Fsp3) is 0.240. The molecule has 3 aromatic carbocycles. The molecule has 4 atom stereocenters. The molecule has 0 saturated carbocycles. The molecule has 0 aromatic heterocycles. The summed E-state index contributed by atoms with van der Waals surface area (Å²) in [7, 11) is 0. The van der Waals surface area contributed by atoms with Crippen molar-refractivity contribution < 1.29 is 18.8 Å². The Morgan fingerprint density at radius 1 is 1.11 bits per heavy atom. The first-order chi connectivity index (χ1) is 16.7. The lowest BCUT2D eigenvalue weighted by molar-refractivity contribution is -0.532. The summed E-state index contributed by atoms with van der Waals surface area (Å²) < 4.78 is 19.6. The molecule has 1 saturated heterocycles. The Bertz CT molecular complexity index is 1330. The first kappa shape index (κ1) is 23.5. The van der Waals surface area contributed by atoms with Crippen molar-refractivity contribution in [2.24, 2.45) is 0 Å². The van der Waals surface area contributed by atoms with E-state index in [1.165, 1.54) is 6.07 Å². The maximum absolute atomic E-state index is 14.0. The molecule has 1 amide bonds. The van der Waals surface area contributed by atoms with E-state index in [4.69, 9.17) is 27.9 Å². The third-order valence-electron chi connectivity index (χ3n) is 6.70. The van der Waals surface area contributed by atoms with Crippen molar-refractivity contribution in [3.63, 3.8) is 0 Å². The van der Waals surface area contributed by atoms with Gasteiger partial charge in [0.2, 0.25) is 0 Å². The van der Waals surface area contributed by atoms with Gasteiger partial charge in [0, 0.05) is 27.8 Å². The number of carbonyl (C=O) groups excluding carboxylic acids is 1. The molecule has 7 nitrogen and oxygen atoms in total. The lowest BCUT2D eigenvalue weighted by atomic mass is 9.78. The minimum absolute atomic E-state index is 0.0928. The van der Waals surface area contributed by atoms with Gasteiger partial charge in [-0.3, -0.25) is 20.2 Å². The Morgan fingerprint density at radius 3 is 2.46 bits per heavy atom. The Morgan fingerprint density at radius 2 is 1.77 bits per heavy atom. The zero-order valence-corrected chi connectivity index (χ0v) is 19.9. The van der Waals surface area contributed by atoms with Gasteiger partial charge in [-0.1, -0.05) is 59.6 Å². The minimum atomic E-state index is -1.54. The molecule has 5 rings (SSSR count). The van der Waals surface area contributed by atoms with Crippen molar-refractivity contribution in [3.05, 3.63) is 103 Å². The van der Waals surface area contributed by atoms with E-state index in [0.717, 1.165) is 0 Å². The first-order valence-electron chi connectivity index (χ1n) is 10.9. The normalized spacial score (nSPS) is 24.9. The van der Waals surface area contributed by atoms with Crippen LogP contribution >= 0.6 is 23.2 Å². The summed E-state index contributed by atoms with van der Waals surface area (Å²) >= 11 is 13.0. The van der Waals surface area contributed by atoms with Gasteiger partial charge in [0.1, 0.15) is 12.4 Å². The second-order valence-corrected chi connectivity index (χ2v) is 9.50. The van der Waals surface area contributed by atoms with Crippen molar-refractivity contribution in [2.45, 2.75) is 37.1 Å². The second-order valence-electron chi connectivity index (χ2n) is 8.69. The molecule has 35 heavy (non-hydrogen) atoms. The Hall–Kier alpha value is -3.20. The number of carbonyl (C=O) groups is 1. The molecule has 2 N–H and O–H groups in total. The van der Waals surface area contributed by atoms with Gasteiger partial charge in [0.05, 0.1) is 16.0 Å². The molecular weight excluding hydrogens is 496 g/mol. The van der Waals surface area contributed by atoms with E-state index >= 15 is 0 Å². The quantitative estimate of drug-likeness (QED) is 0.356. The maximum atomic E-state index is 14.0. The molecule has 2 heterocycles. The van der Waals surface area contributed by atoms with Crippen LogP contribution in [-0.2, 0) is 16.9 Å². The van der Waals surface area contributed by atoms with Crippen LogP contribution in [0.25, 0.3) is 0 Å². The number of nitrogens with zero attached hydrogens (tertiary/aromatic N) is 1. The Kier molecular flexibility index (Phi) is 5.91. The smallest absolute Gasteiger partial charge is 0.256 e. The standard InChI is InChI=1S/C25H20Cl2FN3O4/c1-13-21(23(31(33)34)25(30-13)16-7-3-5-9-20(16)29-24(25)32)15-10-17(26)22(18(27)11-15)35-12-14-6-2-4-8-19(14)28/h2-11,13,21,23,30H,12H2,1H3,(H,29,32)/t13-,21-,23+,25-/m0/s1. The average Bonchev–Trinajstić information content (AvgIpc) is 3.28. The van der Waals surface area contributed by atoms with E-state index in [0.29, 0.717) is 22.4 Å². The number of fused-ring (bicyclic) bond motifs is 2. The molecule has 0 radical (unpaired) electrons. The van der Waals surface area contributed by atoms with E-state index < -0.39 is 40.2 Å². The van der Waals surface area contributed by atoms with Crippen LogP contribution in [0.15, 0.2) is 60.7 Å². The minimum Gasteiger partial charge on any atom is -0.486 e. The summed E-state index contributed by atoms with van der Waals surface area (Å²) in [5.41, 5.74) is 0.358. The highest BCUT2D eigenvalue weighted by molar-refractivity contribution is 6.37. The number of nitrogens with one attached hydrogen (secondary N) is 2. The third kappa shape index (κ3) is 3.73. The molecule has 1 fully saturated rings. The van der Waals surface area contributed by atoms with Crippen molar-refractivity contribution in [2.75, 3.05) is 5.32 Å². The summed E-state index contributed by atoms with van der Waals surface area (Å²) in [4.78, 5) is 25.2. The summed E-state index contributed by atoms with van der Waals surface area (Å²) in [6.45, 7) is 1.69. The number of ether oxygens (including phenoxy) is 1. The van der Waals surface area contributed by atoms with Crippen LogP contribution in [0.4, 0.5) is 10.1 Å². The van der Waals surface area contributed by atoms with Crippen molar-refractivity contribution >= 4 is 34.8 Å². The predicted molar refractivity (Wildman–Crippen MR) is 130 cm³/mol. The van der Waals surface area contributed by atoms with Crippen LogP contribution in [0.2, 0.25) is 10.0 Å². The number of hydrogen-bond donors (Lipinski definition) is 2. The van der Waals surface area contributed by atoms with E-state index in [1.807, 2.05) is 0 Å². The molecule has 2 aliphatic rings. The van der Waals surface area contributed by atoms with Gasteiger partial charge in [-0.05, 0) is 36.8 Å². The van der Waals surface area contributed by atoms with Gasteiger partial charge in [-0.25, -0.2) is 4.39 Å². The van der Waals surface area contributed by atoms with Crippen LogP contribution in [0.3, 0.4) is 0 Å². The molecule has 1 spiro atoms. The monoisotopic (exact) mass is 515 g/mol. The van der Waals surface area contributed by atoms with Gasteiger partial charge in [0.15, 0.2) is 11.3 Å². The maximum Gasteiger partial charge on any atom is 0.256 e. The van der Waals surface area contributed by atoms with E-state index in [9.17, 15) is 19.3 Å². The Balaban J connectivity index is 1.52. The number of nitro groups is 1. The average molecular weight is 516 g/mol. The number of rotatable bonds is 5. The lowest BCUT2D eigenvalue weighted by Gasteiger charge is -2.25. The van der Waals surface area contributed by atoms with Gasteiger partial charge >= 0.3 is 0 Å². The van der Waals surface area contributed by atoms with Crippen molar-refractivity contribution in [1.82, 2.24) is 5.32 Å². The molecular formula is C25H20Cl2FN3O4. The molecule has 0 bridgehead atoms.